The summed E-state index contributed by atoms with van der Waals surface area (Å²) in [5, 5.41) is 0. The molecule has 1 heterocycles. The molecule has 0 radical (unpaired) electrons. The summed E-state index contributed by atoms with van der Waals surface area (Å²) in [4.78, 5) is 2.41. The lowest BCUT2D eigenvalue weighted by molar-refractivity contribution is 0.830. The predicted molar refractivity (Wildman–Crippen MR) is 71.6 cm³/mol. The molecule has 0 aliphatic carbocycles. The first kappa shape index (κ1) is 11.5. The minimum atomic E-state index is 0.619. The molecule has 0 bridgehead atoms. The SMILES string of the molecule is CC(C)c1cc2c(c(C(C)C)c1)N(C)CC2. The van der Waals surface area contributed by atoms with Gasteiger partial charge in [-0.25, -0.2) is 0 Å². The van der Waals surface area contributed by atoms with E-state index in [2.05, 4.69) is 51.8 Å². The van der Waals surface area contributed by atoms with Crippen molar-refractivity contribution in [3.8, 4) is 0 Å². The molecule has 0 fully saturated rings. The lowest BCUT2D eigenvalue weighted by atomic mass is 9.91. The van der Waals surface area contributed by atoms with Gasteiger partial charge in [-0.1, -0.05) is 39.8 Å². The molecule has 1 heteroatoms. The fourth-order valence-corrected chi connectivity index (χ4v) is 2.57. The van der Waals surface area contributed by atoms with E-state index in [1.54, 1.807) is 5.56 Å². The van der Waals surface area contributed by atoms with Crippen molar-refractivity contribution in [1.82, 2.24) is 0 Å². The highest BCUT2D eigenvalue weighted by molar-refractivity contribution is 5.65. The molecule has 88 valence electrons. The maximum Gasteiger partial charge on any atom is 0.0432 e. The molecule has 1 aromatic rings. The number of hydrogen-bond acceptors (Lipinski definition) is 1. The minimum Gasteiger partial charge on any atom is -0.374 e. The average molecular weight is 217 g/mol. The van der Waals surface area contributed by atoms with Crippen LogP contribution in [-0.4, -0.2) is 13.6 Å². The van der Waals surface area contributed by atoms with Crippen LogP contribution in [0.15, 0.2) is 12.1 Å². The number of hydrogen-bond donors (Lipinski definition) is 0. The van der Waals surface area contributed by atoms with Gasteiger partial charge in [-0.15, -0.1) is 0 Å². The molecule has 0 saturated heterocycles. The summed E-state index contributed by atoms with van der Waals surface area (Å²) in [7, 11) is 2.22. The van der Waals surface area contributed by atoms with Crippen molar-refractivity contribution in [2.45, 2.75) is 46.0 Å². The van der Waals surface area contributed by atoms with Gasteiger partial charge in [-0.3, -0.25) is 0 Å². The number of fused-ring (bicyclic) bond motifs is 1. The summed E-state index contributed by atoms with van der Waals surface area (Å²) in [5.41, 5.74) is 6.08. The van der Waals surface area contributed by atoms with Crippen LogP contribution < -0.4 is 4.90 Å². The van der Waals surface area contributed by atoms with E-state index in [9.17, 15) is 0 Å². The van der Waals surface area contributed by atoms with Gasteiger partial charge < -0.3 is 4.90 Å². The van der Waals surface area contributed by atoms with Crippen molar-refractivity contribution in [2.24, 2.45) is 0 Å². The van der Waals surface area contributed by atoms with Crippen molar-refractivity contribution < 1.29 is 0 Å². The number of rotatable bonds is 2. The zero-order valence-electron chi connectivity index (χ0n) is 11.2. The molecule has 0 amide bonds. The zero-order valence-corrected chi connectivity index (χ0v) is 11.2. The Balaban J connectivity index is 2.57. The standard InChI is InChI=1S/C15H23N/c1-10(2)13-8-12-6-7-16(5)15(12)14(9-13)11(3)4/h8-11H,6-7H2,1-5H3. The molecular weight excluding hydrogens is 194 g/mol. The van der Waals surface area contributed by atoms with Gasteiger partial charge in [0.2, 0.25) is 0 Å². The molecule has 0 atom stereocenters. The van der Waals surface area contributed by atoms with E-state index >= 15 is 0 Å². The summed E-state index contributed by atoms with van der Waals surface area (Å²) >= 11 is 0. The smallest absolute Gasteiger partial charge is 0.0432 e. The second-order valence-electron chi connectivity index (χ2n) is 5.60. The number of nitrogens with zero attached hydrogens (tertiary/aromatic N) is 1. The Hall–Kier alpha value is -0.980. The van der Waals surface area contributed by atoms with Crippen molar-refractivity contribution in [2.75, 3.05) is 18.5 Å². The first-order valence-electron chi connectivity index (χ1n) is 6.38. The minimum absolute atomic E-state index is 0.619. The maximum atomic E-state index is 2.41. The van der Waals surface area contributed by atoms with Gasteiger partial charge in [0.25, 0.3) is 0 Å². The van der Waals surface area contributed by atoms with Gasteiger partial charge in [0, 0.05) is 19.3 Å². The van der Waals surface area contributed by atoms with Crippen molar-refractivity contribution >= 4 is 5.69 Å². The van der Waals surface area contributed by atoms with Crippen molar-refractivity contribution in [1.29, 1.82) is 0 Å². The third-order valence-corrected chi connectivity index (χ3v) is 3.63. The van der Waals surface area contributed by atoms with Gasteiger partial charge in [-0.2, -0.15) is 0 Å². The lowest BCUT2D eigenvalue weighted by Crippen LogP contribution is -2.14. The molecule has 1 aliphatic heterocycles. The van der Waals surface area contributed by atoms with Gasteiger partial charge in [0.1, 0.15) is 0 Å². The van der Waals surface area contributed by atoms with E-state index in [1.807, 2.05) is 0 Å². The molecule has 2 rings (SSSR count). The van der Waals surface area contributed by atoms with Gasteiger partial charge in [0.05, 0.1) is 0 Å². The quantitative estimate of drug-likeness (QED) is 0.725. The summed E-state index contributed by atoms with van der Waals surface area (Å²) in [6.45, 7) is 10.3. The fraction of sp³-hybridized carbons (Fsp3) is 0.600. The average Bonchev–Trinajstić information content (AvgIpc) is 2.59. The van der Waals surface area contributed by atoms with E-state index in [-0.39, 0.29) is 0 Å². The summed E-state index contributed by atoms with van der Waals surface area (Å²) < 4.78 is 0. The second kappa shape index (κ2) is 4.12. The monoisotopic (exact) mass is 217 g/mol. The third-order valence-electron chi connectivity index (χ3n) is 3.63. The third kappa shape index (κ3) is 1.83. The Morgan fingerprint density at radius 2 is 1.75 bits per heavy atom. The van der Waals surface area contributed by atoms with Crippen molar-refractivity contribution in [3.05, 3.63) is 28.8 Å². The zero-order chi connectivity index (χ0) is 11.9. The van der Waals surface area contributed by atoms with Crippen LogP contribution in [-0.2, 0) is 6.42 Å². The lowest BCUT2D eigenvalue weighted by Gasteiger charge is -2.21. The summed E-state index contributed by atoms with van der Waals surface area (Å²) in [6, 6.07) is 4.82. The molecular formula is C15H23N. The van der Waals surface area contributed by atoms with Crippen LogP contribution >= 0.6 is 0 Å². The number of benzene rings is 1. The second-order valence-corrected chi connectivity index (χ2v) is 5.60. The Bertz CT molecular complexity index is 391. The molecule has 0 N–H and O–H groups in total. The fourth-order valence-electron chi connectivity index (χ4n) is 2.57. The maximum absolute atomic E-state index is 2.41. The van der Waals surface area contributed by atoms with E-state index in [0.29, 0.717) is 11.8 Å². The molecule has 16 heavy (non-hydrogen) atoms. The highest BCUT2D eigenvalue weighted by Gasteiger charge is 2.22. The largest absolute Gasteiger partial charge is 0.374 e. The van der Waals surface area contributed by atoms with Gasteiger partial charge in [0.15, 0.2) is 0 Å². The molecule has 1 nitrogen and oxygen atoms in total. The van der Waals surface area contributed by atoms with Crippen LogP contribution in [0.25, 0.3) is 0 Å². The van der Waals surface area contributed by atoms with Crippen LogP contribution in [0, 0.1) is 0 Å². The van der Waals surface area contributed by atoms with Crippen LogP contribution in [0.5, 0.6) is 0 Å². The summed E-state index contributed by atoms with van der Waals surface area (Å²) in [5.74, 6) is 1.25. The highest BCUT2D eigenvalue weighted by atomic mass is 15.1. The normalized spacial score (nSPS) is 15.1. The van der Waals surface area contributed by atoms with Crippen LogP contribution in [0.3, 0.4) is 0 Å². The molecule has 1 aliphatic rings. The van der Waals surface area contributed by atoms with Crippen molar-refractivity contribution in [3.63, 3.8) is 0 Å². The van der Waals surface area contributed by atoms with Crippen LogP contribution in [0.1, 0.15) is 56.2 Å². The van der Waals surface area contributed by atoms with Gasteiger partial charge >= 0.3 is 0 Å². The number of likely N-dealkylation sites (N-methyl/N-ethyl adjacent to an activating group) is 1. The Labute approximate surface area is 99.5 Å². The van der Waals surface area contributed by atoms with Crippen LogP contribution in [0.2, 0.25) is 0 Å². The topological polar surface area (TPSA) is 3.24 Å². The van der Waals surface area contributed by atoms with Gasteiger partial charge in [-0.05, 0) is 34.9 Å². The Morgan fingerprint density at radius 3 is 2.31 bits per heavy atom. The van der Waals surface area contributed by atoms with E-state index in [1.165, 1.54) is 29.8 Å². The molecule has 0 spiro atoms. The van der Waals surface area contributed by atoms with Crippen LogP contribution in [0.4, 0.5) is 5.69 Å². The molecule has 0 unspecified atom stereocenters. The van der Waals surface area contributed by atoms with E-state index < -0.39 is 0 Å². The molecule has 0 saturated carbocycles. The predicted octanol–water partition coefficient (Wildman–Crippen LogP) is 3.93. The highest BCUT2D eigenvalue weighted by Crippen LogP contribution is 2.37. The summed E-state index contributed by atoms with van der Waals surface area (Å²) in [6.07, 6.45) is 1.21. The van der Waals surface area contributed by atoms with E-state index in [0.717, 1.165) is 0 Å². The molecule has 1 aromatic carbocycles. The first-order valence-corrected chi connectivity index (χ1v) is 6.38. The van der Waals surface area contributed by atoms with E-state index in [4.69, 9.17) is 0 Å². The Morgan fingerprint density at radius 1 is 1.06 bits per heavy atom. The first-order chi connectivity index (χ1) is 7.50. The number of anilines is 1. The Kier molecular flexibility index (Phi) is 2.96. The molecule has 0 aromatic heterocycles.